The van der Waals surface area contributed by atoms with Crippen LogP contribution in [0.5, 0.6) is 0 Å². The molecule has 2 fully saturated rings. The van der Waals surface area contributed by atoms with Crippen LogP contribution in [0.4, 0.5) is 0 Å². The van der Waals surface area contributed by atoms with Crippen molar-refractivity contribution in [3.05, 3.63) is 22.4 Å². The Hall–Kier alpha value is -1.73. The highest BCUT2D eigenvalue weighted by atomic mass is 16.5. The number of nitrogens with zero attached hydrogens (tertiary/aromatic N) is 4. The normalized spacial score (nSPS) is 22.0. The first-order chi connectivity index (χ1) is 10.7. The van der Waals surface area contributed by atoms with E-state index in [-0.39, 0.29) is 5.56 Å². The standard InChI is InChI=1S/C15H21N5O2/c1-19-14-12(6-16-19)15(21)18-13(17-14)8-20(11-2-3-11)7-10-4-5-22-9-10/h6,10-11H,2-5,7-9H2,1H3,(H,17,18,21). The number of fused-ring (bicyclic) bond motifs is 1. The van der Waals surface area contributed by atoms with Crippen LogP contribution in [0.2, 0.25) is 0 Å². The highest BCUT2D eigenvalue weighted by molar-refractivity contribution is 5.72. The molecule has 1 saturated carbocycles. The zero-order valence-electron chi connectivity index (χ0n) is 12.8. The van der Waals surface area contributed by atoms with Gasteiger partial charge in [-0.15, -0.1) is 0 Å². The van der Waals surface area contributed by atoms with Crippen molar-refractivity contribution in [1.82, 2.24) is 24.6 Å². The number of aromatic amines is 1. The Labute approximate surface area is 128 Å². The van der Waals surface area contributed by atoms with Crippen LogP contribution < -0.4 is 5.56 Å². The molecule has 2 aliphatic rings. The van der Waals surface area contributed by atoms with Gasteiger partial charge in [0.1, 0.15) is 11.2 Å². The molecule has 0 spiro atoms. The average molecular weight is 303 g/mol. The van der Waals surface area contributed by atoms with E-state index in [1.165, 1.54) is 12.8 Å². The van der Waals surface area contributed by atoms with Crippen LogP contribution in [0.1, 0.15) is 25.1 Å². The number of rotatable bonds is 5. The maximum atomic E-state index is 12.1. The predicted molar refractivity (Wildman–Crippen MR) is 81.5 cm³/mol. The number of hydrogen-bond acceptors (Lipinski definition) is 5. The number of nitrogens with one attached hydrogen (secondary N) is 1. The van der Waals surface area contributed by atoms with Gasteiger partial charge in [-0.05, 0) is 25.2 Å². The minimum absolute atomic E-state index is 0.104. The van der Waals surface area contributed by atoms with Crippen molar-refractivity contribution in [1.29, 1.82) is 0 Å². The zero-order chi connectivity index (χ0) is 15.1. The molecular weight excluding hydrogens is 282 g/mol. The SMILES string of the molecule is Cn1ncc2c(=O)[nH]c(CN(CC3CCOC3)C3CC3)nc21. The third kappa shape index (κ3) is 2.66. The van der Waals surface area contributed by atoms with Gasteiger partial charge in [0.2, 0.25) is 0 Å². The van der Waals surface area contributed by atoms with E-state index in [1.54, 1.807) is 10.9 Å². The summed E-state index contributed by atoms with van der Waals surface area (Å²) in [6, 6.07) is 0.633. The van der Waals surface area contributed by atoms with Gasteiger partial charge in [0, 0.05) is 26.2 Å². The van der Waals surface area contributed by atoms with Gasteiger partial charge in [-0.1, -0.05) is 0 Å². The van der Waals surface area contributed by atoms with Crippen LogP contribution in [0.3, 0.4) is 0 Å². The minimum atomic E-state index is -0.104. The number of ether oxygens (including phenoxy) is 1. The number of hydrogen-bond donors (Lipinski definition) is 1. The molecule has 1 unspecified atom stereocenters. The van der Waals surface area contributed by atoms with Crippen molar-refractivity contribution in [2.75, 3.05) is 19.8 Å². The lowest BCUT2D eigenvalue weighted by Gasteiger charge is -2.24. The Balaban J connectivity index is 1.57. The van der Waals surface area contributed by atoms with E-state index < -0.39 is 0 Å². The van der Waals surface area contributed by atoms with Crippen LogP contribution in [0, 0.1) is 5.92 Å². The molecule has 0 radical (unpaired) electrons. The molecule has 22 heavy (non-hydrogen) atoms. The van der Waals surface area contributed by atoms with Crippen LogP contribution in [0.25, 0.3) is 11.0 Å². The maximum absolute atomic E-state index is 12.1. The van der Waals surface area contributed by atoms with Crippen molar-refractivity contribution >= 4 is 11.0 Å². The van der Waals surface area contributed by atoms with Crippen molar-refractivity contribution in [3.8, 4) is 0 Å². The van der Waals surface area contributed by atoms with Gasteiger partial charge >= 0.3 is 0 Å². The molecule has 3 heterocycles. The van der Waals surface area contributed by atoms with Crippen LogP contribution in [-0.4, -0.2) is 50.4 Å². The summed E-state index contributed by atoms with van der Waals surface area (Å²) in [6.45, 7) is 3.45. The van der Waals surface area contributed by atoms with Crippen molar-refractivity contribution in [2.24, 2.45) is 13.0 Å². The van der Waals surface area contributed by atoms with Crippen LogP contribution >= 0.6 is 0 Å². The first-order valence-corrected chi connectivity index (χ1v) is 7.93. The van der Waals surface area contributed by atoms with Gasteiger partial charge in [-0.3, -0.25) is 14.4 Å². The Kier molecular flexibility index (Phi) is 3.46. The molecule has 1 saturated heterocycles. The predicted octanol–water partition coefficient (Wildman–Crippen LogP) is 0.657. The van der Waals surface area contributed by atoms with Crippen molar-refractivity contribution in [2.45, 2.75) is 31.8 Å². The summed E-state index contributed by atoms with van der Waals surface area (Å²) in [5.74, 6) is 1.33. The van der Waals surface area contributed by atoms with E-state index in [1.807, 2.05) is 7.05 Å². The molecule has 0 bridgehead atoms. The highest BCUT2D eigenvalue weighted by Crippen LogP contribution is 2.29. The van der Waals surface area contributed by atoms with Crippen LogP contribution in [-0.2, 0) is 18.3 Å². The smallest absolute Gasteiger partial charge is 0.262 e. The first-order valence-electron chi connectivity index (χ1n) is 7.93. The quantitative estimate of drug-likeness (QED) is 0.878. The van der Waals surface area contributed by atoms with E-state index in [2.05, 4.69) is 20.0 Å². The largest absolute Gasteiger partial charge is 0.381 e. The summed E-state index contributed by atoms with van der Waals surface area (Å²) in [5.41, 5.74) is 0.548. The lowest BCUT2D eigenvalue weighted by atomic mass is 10.1. The fourth-order valence-electron chi connectivity index (χ4n) is 3.19. The molecular formula is C15H21N5O2. The highest BCUT2D eigenvalue weighted by Gasteiger charge is 2.32. The molecule has 7 heteroatoms. The molecule has 4 rings (SSSR count). The molecule has 1 atom stereocenters. The zero-order valence-corrected chi connectivity index (χ0v) is 12.8. The maximum Gasteiger partial charge on any atom is 0.262 e. The minimum Gasteiger partial charge on any atom is -0.381 e. The fourth-order valence-corrected chi connectivity index (χ4v) is 3.19. The Morgan fingerprint density at radius 1 is 1.45 bits per heavy atom. The number of H-pyrrole nitrogens is 1. The average Bonchev–Trinajstić information content (AvgIpc) is 3.10. The summed E-state index contributed by atoms with van der Waals surface area (Å²) in [6.07, 6.45) is 5.19. The van der Waals surface area contributed by atoms with E-state index in [4.69, 9.17) is 4.74 Å². The lowest BCUT2D eigenvalue weighted by molar-refractivity contribution is 0.160. The molecule has 2 aromatic rings. The Morgan fingerprint density at radius 2 is 2.32 bits per heavy atom. The summed E-state index contributed by atoms with van der Waals surface area (Å²) < 4.78 is 7.13. The molecule has 1 aliphatic carbocycles. The molecule has 1 N–H and O–H groups in total. The van der Waals surface area contributed by atoms with Gasteiger partial charge in [-0.25, -0.2) is 4.98 Å². The summed E-state index contributed by atoms with van der Waals surface area (Å²) in [4.78, 5) is 22.1. The van der Waals surface area contributed by atoms with E-state index in [0.29, 0.717) is 29.5 Å². The number of aryl methyl sites for hydroxylation is 1. The van der Waals surface area contributed by atoms with E-state index >= 15 is 0 Å². The summed E-state index contributed by atoms with van der Waals surface area (Å²) >= 11 is 0. The third-order valence-electron chi connectivity index (χ3n) is 4.58. The second-order valence-corrected chi connectivity index (χ2v) is 6.41. The first kappa shape index (κ1) is 13.9. The van der Waals surface area contributed by atoms with Crippen LogP contribution in [0.15, 0.2) is 11.0 Å². The Bertz CT molecular complexity index is 727. The Morgan fingerprint density at radius 3 is 3.05 bits per heavy atom. The molecule has 1 aliphatic heterocycles. The van der Waals surface area contributed by atoms with E-state index in [9.17, 15) is 4.79 Å². The lowest BCUT2D eigenvalue weighted by Crippen LogP contribution is -2.33. The number of aromatic nitrogens is 4. The second kappa shape index (κ2) is 5.48. The summed E-state index contributed by atoms with van der Waals surface area (Å²) in [5, 5.41) is 4.66. The molecule has 2 aromatic heterocycles. The van der Waals surface area contributed by atoms with E-state index in [0.717, 1.165) is 32.0 Å². The monoisotopic (exact) mass is 303 g/mol. The van der Waals surface area contributed by atoms with Gasteiger partial charge in [-0.2, -0.15) is 5.10 Å². The van der Waals surface area contributed by atoms with Gasteiger partial charge in [0.15, 0.2) is 5.65 Å². The van der Waals surface area contributed by atoms with Gasteiger partial charge in [0.05, 0.1) is 19.3 Å². The second-order valence-electron chi connectivity index (χ2n) is 6.41. The summed E-state index contributed by atoms with van der Waals surface area (Å²) in [7, 11) is 1.81. The molecule has 0 aromatic carbocycles. The molecule has 0 amide bonds. The topological polar surface area (TPSA) is 76.0 Å². The fraction of sp³-hybridized carbons (Fsp3) is 0.667. The molecule has 7 nitrogen and oxygen atoms in total. The molecule has 118 valence electrons. The van der Waals surface area contributed by atoms with Gasteiger partial charge in [0.25, 0.3) is 5.56 Å². The van der Waals surface area contributed by atoms with Crippen molar-refractivity contribution < 1.29 is 4.74 Å². The van der Waals surface area contributed by atoms with Gasteiger partial charge < -0.3 is 9.72 Å². The third-order valence-corrected chi connectivity index (χ3v) is 4.58. The van der Waals surface area contributed by atoms with Crippen molar-refractivity contribution in [3.63, 3.8) is 0 Å².